The molecule has 0 aliphatic heterocycles. The van der Waals surface area contributed by atoms with E-state index in [1.807, 2.05) is 22.7 Å². The number of aliphatic carboxylic acids is 1. The van der Waals surface area contributed by atoms with E-state index in [2.05, 4.69) is 12.0 Å². The summed E-state index contributed by atoms with van der Waals surface area (Å²) in [4.78, 5) is 12.8. The predicted octanol–water partition coefficient (Wildman–Crippen LogP) is 1.45. The summed E-state index contributed by atoms with van der Waals surface area (Å²) in [6.07, 6.45) is 2.84. The molecule has 0 aromatic carbocycles. The zero-order chi connectivity index (χ0) is 12.8. The molecule has 1 rings (SSSR count). The van der Waals surface area contributed by atoms with E-state index in [0.29, 0.717) is 6.54 Å². The number of hydrogen-bond acceptors (Lipinski definition) is 3. The predicted molar refractivity (Wildman–Crippen MR) is 65.7 cm³/mol. The van der Waals surface area contributed by atoms with Crippen molar-refractivity contribution in [1.82, 2.24) is 14.7 Å². The third-order valence-electron chi connectivity index (χ3n) is 2.68. The molecule has 0 amide bonds. The fraction of sp³-hybridized carbons (Fsp3) is 0.667. The van der Waals surface area contributed by atoms with Gasteiger partial charge in [-0.1, -0.05) is 13.8 Å². The number of hydrogen-bond donors (Lipinski definition) is 1. The van der Waals surface area contributed by atoms with Gasteiger partial charge in [0.15, 0.2) is 0 Å². The van der Waals surface area contributed by atoms with E-state index in [4.69, 9.17) is 5.11 Å². The first-order valence-electron chi connectivity index (χ1n) is 5.96. The van der Waals surface area contributed by atoms with Crippen molar-refractivity contribution in [1.29, 1.82) is 0 Å². The Hall–Kier alpha value is -1.36. The van der Waals surface area contributed by atoms with Gasteiger partial charge in [0.25, 0.3) is 0 Å². The van der Waals surface area contributed by atoms with Gasteiger partial charge in [0, 0.05) is 25.8 Å². The van der Waals surface area contributed by atoms with E-state index in [0.717, 1.165) is 25.2 Å². The average molecular weight is 239 g/mol. The molecule has 0 aliphatic carbocycles. The molecule has 1 unspecified atom stereocenters. The summed E-state index contributed by atoms with van der Waals surface area (Å²) in [5.74, 6) is -1.10. The number of carboxylic acid groups (broad SMARTS) is 1. The van der Waals surface area contributed by atoms with Crippen molar-refractivity contribution < 1.29 is 9.90 Å². The van der Waals surface area contributed by atoms with Crippen LogP contribution in [0.3, 0.4) is 0 Å². The third-order valence-corrected chi connectivity index (χ3v) is 2.68. The van der Waals surface area contributed by atoms with Gasteiger partial charge in [0.05, 0.1) is 11.6 Å². The molecule has 1 heterocycles. The number of nitrogens with zero attached hydrogens (tertiary/aromatic N) is 3. The molecular formula is C12H21N3O2. The van der Waals surface area contributed by atoms with Crippen molar-refractivity contribution in [3.8, 4) is 0 Å². The molecule has 0 fully saturated rings. The SMILES string of the molecule is CCCn1nccc1CN(C)CC(C)C(=O)O. The van der Waals surface area contributed by atoms with Gasteiger partial charge in [-0.15, -0.1) is 0 Å². The van der Waals surface area contributed by atoms with Crippen LogP contribution in [0.4, 0.5) is 0 Å². The minimum Gasteiger partial charge on any atom is -0.481 e. The summed E-state index contributed by atoms with van der Waals surface area (Å²) in [5, 5.41) is 13.1. The van der Waals surface area contributed by atoms with Crippen LogP contribution in [0, 0.1) is 5.92 Å². The molecular weight excluding hydrogens is 218 g/mol. The zero-order valence-corrected chi connectivity index (χ0v) is 10.8. The minimum atomic E-state index is -0.751. The Morgan fingerprint density at radius 1 is 1.65 bits per heavy atom. The topological polar surface area (TPSA) is 58.4 Å². The highest BCUT2D eigenvalue weighted by Crippen LogP contribution is 2.06. The van der Waals surface area contributed by atoms with Gasteiger partial charge in [-0.3, -0.25) is 14.4 Å². The van der Waals surface area contributed by atoms with Crippen LogP contribution in [0.5, 0.6) is 0 Å². The molecule has 1 aromatic rings. The van der Waals surface area contributed by atoms with E-state index < -0.39 is 5.97 Å². The monoisotopic (exact) mass is 239 g/mol. The number of aromatic nitrogens is 2. The molecule has 17 heavy (non-hydrogen) atoms. The van der Waals surface area contributed by atoms with Crippen molar-refractivity contribution in [2.24, 2.45) is 5.92 Å². The van der Waals surface area contributed by atoms with E-state index in [1.54, 1.807) is 13.1 Å². The van der Waals surface area contributed by atoms with Crippen LogP contribution in [0.2, 0.25) is 0 Å². The molecule has 0 bridgehead atoms. The summed E-state index contributed by atoms with van der Waals surface area (Å²) < 4.78 is 1.97. The molecule has 5 heteroatoms. The van der Waals surface area contributed by atoms with E-state index in [1.165, 1.54) is 0 Å². The van der Waals surface area contributed by atoms with Gasteiger partial charge in [0.1, 0.15) is 0 Å². The third kappa shape index (κ3) is 4.19. The molecule has 0 saturated heterocycles. The van der Waals surface area contributed by atoms with Crippen molar-refractivity contribution in [2.45, 2.75) is 33.4 Å². The molecule has 0 aliphatic rings. The van der Waals surface area contributed by atoms with Gasteiger partial charge in [0.2, 0.25) is 0 Å². The Bertz CT molecular complexity index is 362. The average Bonchev–Trinajstić information content (AvgIpc) is 2.66. The first-order chi connectivity index (χ1) is 8.04. The van der Waals surface area contributed by atoms with Crippen LogP contribution in [0.15, 0.2) is 12.3 Å². The van der Waals surface area contributed by atoms with Crippen molar-refractivity contribution in [3.63, 3.8) is 0 Å². The first kappa shape index (κ1) is 13.7. The fourth-order valence-electron chi connectivity index (χ4n) is 1.79. The maximum atomic E-state index is 10.8. The zero-order valence-electron chi connectivity index (χ0n) is 10.8. The standard InChI is InChI=1S/C12H21N3O2/c1-4-7-15-11(5-6-13-15)9-14(3)8-10(2)12(16)17/h5-6,10H,4,7-9H2,1-3H3,(H,16,17). The summed E-state index contributed by atoms with van der Waals surface area (Å²) in [6.45, 7) is 6.03. The molecule has 0 radical (unpaired) electrons. The highest BCUT2D eigenvalue weighted by Gasteiger charge is 2.14. The number of aryl methyl sites for hydroxylation is 1. The quantitative estimate of drug-likeness (QED) is 0.782. The Kier molecular flexibility index (Phi) is 5.15. The van der Waals surface area contributed by atoms with Crippen LogP contribution < -0.4 is 0 Å². The van der Waals surface area contributed by atoms with E-state index in [9.17, 15) is 4.79 Å². The minimum absolute atomic E-state index is 0.345. The van der Waals surface area contributed by atoms with Crippen LogP contribution in [0.1, 0.15) is 26.0 Å². The Morgan fingerprint density at radius 2 is 2.35 bits per heavy atom. The van der Waals surface area contributed by atoms with Crippen molar-refractivity contribution in [2.75, 3.05) is 13.6 Å². The van der Waals surface area contributed by atoms with E-state index in [-0.39, 0.29) is 5.92 Å². The second kappa shape index (κ2) is 6.39. The van der Waals surface area contributed by atoms with Crippen LogP contribution in [-0.2, 0) is 17.9 Å². The Labute approximate surface area is 102 Å². The maximum Gasteiger partial charge on any atom is 0.307 e. The first-order valence-corrected chi connectivity index (χ1v) is 5.96. The highest BCUT2D eigenvalue weighted by molar-refractivity contribution is 5.69. The summed E-state index contributed by atoms with van der Waals surface area (Å²) in [7, 11) is 1.93. The lowest BCUT2D eigenvalue weighted by atomic mass is 10.2. The second-order valence-electron chi connectivity index (χ2n) is 4.48. The van der Waals surface area contributed by atoms with Crippen molar-refractivity contribution in [3.05, 3.63) is 18.0 Å². The molecule has 0 saturated carbocycles. The summed E-state index contributed by atoms with van der Waals surface area (Å²) in [5.41, 5.74) is 1.13. The maximum absolute atomic E-state index is 10.8. The summed E-state index contributed by atoms with van der Waals surface area (Å²) in [6, 6.07) is 1.98. The lowest BCUT2D eigenvalue weighted by Crippen LogP contribution is -2.29. The van der Waals surface area contributed by atoms with Gasteiger partial charge in [-0.25, -0.2) is 0 Å². The molecule has 1 atom stereocenters. The fourth-order valence-corrected chi connectivity index (χ4v) is 1.79. The van der Waals surface area contributed by atoms with Gasteiger partial charge in [-0.2, -0.15) is 5.10 Å². The Morgan fingerprint density at radius 3 is 2.94 bits per heavy atom. The van der Waals surface area contributed by atoms with Crippen molar-refractivity contribution >= 4 is 5.97 Å². The number of carboxylic acids is 1. The van der Waals surface area contributed by atoms with E-state index >= 15 is 0 Å². The van der Waals surface area contributed by atoms with Crippen LogP contribution in [0.25, 0.3) is 0 Å². The molecule has 96 valence electrons. The molecule has 1 N–H and O–H groups in total. The number of carbonyl (C=O) groups is 1. The lowest BCUT2D eigenvalue weighted by Gasteiger charge is -2.19. The highest BCUT2D eigenvalue weighted by atomic mass is 16.4. The largest absolute Gasteiger partial charge is 0.481 e. The van der Waals surface area contributed by atoms with Gasteiger partial charge in [-0.05, 0) is 19.5 Å². The lowest BCUT2D eigenvalue weighted by molar-refractivity contribution is -0.141. The Balaban J connectivity index is 2.52. The normalized spacial score (nSPS) is 12.9. The second-order valence-corrected chi connectivity index (χ2v) is 4.48. The number of rotatable bonds is 7. The van der Waals surface area contributed by atoms with Gasteiger partial charge < -0.3 is 5.11 Å². The molecule has 1 aromatic heterocycles. The molecule has 5 nitrogen and oxygen atoms in total. The summed E-state index contributed by atoms with van der Waals surface area (Å²) >= 11 is 0. The smallest absolute Gasteiger partial charge is 0.307 e. The van der Waals surface area contributed by atoms with Crippen LogP contribution in [-0.4, -0.2) is 39.3 Å². The van der Waals surface area contributed by atoms with Gasteiger partial charge >= 0.3 is 5.97 Å². The molecule has 0 spiro atoms. The van der Waals surface area contributed by atoms with Crippen LogP contribution >= 0.6 is 0 Å².